The molecule has 0 radical (unpaired) electrons. The normalized spacial score (nSPS) is 17.1. The molecule has 0 spiro atoms. The molecule has 1 atom stereocenters. The van der Waals surface area contributed by atoms with Gasteiger partial charge in [0.25, 0.3) is 0 Å². The lowest BCUT2D eigenvalue weighted by atomic mass is 10.2. The summed E-state index contributed by atoms with van der Waals surface area (Å²) in [6.07, 6.45) is 0. The third-order valence-electron chi connectivity index (χ3n) is 3.67. The molecule has 5 nitrogen and oxygen atoms in total. The van der Waals surface area contributed by atoms with Crippen molar-refractivity contribution >= 4 is 47.2 Å². The van der Waals surface area contributed by atoms with E-state index in [1.807, 2.05) is 31.2 Å². The van der Waals surface area contributed by atoms with E-state index in [4.69, 9.17) is 22.4 Å². The Morgan fingerprint density at radius 1 is 1.27 bits per heavy atom. The first-order valence-corrected chi connectivity index (χ1v) is 7.64. The maximum Gasteiger partial charge on any atom is 0.191 e. The van der Waals surface area contributed by atoms with Crippen LogP contribution < -0.4 is 10.6 Å². The number of aliphatic imine (C=N–C) groups is 1. The van der Waals surface area contributed by atoms with E-state index in [1.54, 1.807) is 0 Å². The molecule has 22 heavy (non-hydrogen) atoms. The fourth-order valence-electron chi connectivity index (χ4n) is 2.25. The van der Waals surface area contributed by atoms with Gasteiger partial charge in [0.15, 0.2) is 5.96 Å². The van der Waals surface area contributed by atoms with E-state index in [-0.39, 0.29) is 36.5 Å². The highest BCUT2D eigenvalue weighted by molar-refractivity contribution is 14.0. The van der Waals surface area contributed by atoms with E-state index in [9.17, 15) is 0 Å². The number of guanidine groups is 1. The Morgan fingerprint density at radius 2 is 1.86 bits per heavy atom. The summed E-state index contributed by atoms with van der Waals surface area (Å²) in [5.74, 6) is 0.727. The number of hydrogen-bond donors (Lipinski definition) is 2. The van der Waals surface area contributed by atoms with Gasteiger partial charge in [0.05, 0.1) is 0 Å². The molecule has 124 valence electrons. The van der Waals surface area contributed by atoms with Gasteiger partial charge in [-0.25, -0.2) is 0 Å². The number of nitrogens with zero attached hydrogens (tertiary/aromatic N) is 3. The summed E-state index contributed by atoms with van der Waals surface area (Å²) in [6, 6.07) is 7.90. The third-order valence-corrected chi connectivity index (χ3v) is 3.92. The Hall–Kier alpha value is -0.730. The maximum absolute atomic E-state index is 9.00. The fraction of sp³-hybridized carbons (Fsp3) is 0.533. The third kappa shape index (κ3) is 5.48. The van der Waals surface area contributed by atoms with E-state index in [2.05, 4.69) is 14.8 Å². The molecule has 3 N–H and O–H groups in total. The van der Waals surface area contributed by atoms with Gasteiger partial charge >= 0.3 is 0 Å². The molecule has 1 aliphatic heterocycles. The number of halogens is 2. The van der Waals surface area contributed by atoms with Crippen molar-refractivity contribution in [3.05, 3.63) is 29.3 Å². The number of nitrogens with two attached hydrogens (primary N) is 1. The molecule has 0 amide bonds. The number of hydrogen-bond acceptors (Lipinski definition) is 3. The second kappa shape index (κ2) is 9.42. The molecule has 7 heteroatoms. The Labute approximate surface area is 154 Å². The van der Waals surface area contributed by atoms with Crippen molar-refractivity contribution < 1.29 is 5.11 Å². The Kier molecular flexibility index (Phi) is 8.27. The zero-order valence-corrected chi connectivity index (χ0v) is 15.9. The van der Waals surface area contributed by atoms with Gasteiger partial charge in [-0.1, -0.05) is 18.5 Å². The first kappa shape index (κ1) is 19.3. The van der Waals surface area contributed by atoms with Crippen molar-refractivity contribution in [2.75, 3.05) is 44.2 Å². The summed E-state index contributed by atoms with van der Waals surface area (Å²) in [6.45, 7) is 6.19. The first-order chi connectivity index (χ1) is 10.1. The summed E-state index contributed by atoms with van der Waals surface area (Å²) in [5.41, 5.74) is 7.20. The van der Waals surface area contributed by atoms with Crippen LogP contribution in [0.1, 0.15) is 6.92 Å². The van der Waals surface area contributed by atoms with Crippen molar-refractivity contribution in [2.24, 2.45) is 16.6 Å². The van der Waals surface area contributed by atoms with Crippen LogP contribution >= 0.6 is 35.6 Å². The van der Waals surface area contributed by atoms with Gasteiger partial charge in [0.2, 0.25) is 0 Å². The lowest BCUT2D eigenvalue weighted by Crippen LogP contribution is -2.51. The van der Waals surface area contributed by atoms with Crippen LogP contribution in [0.2, 0.25) is 5.02 Å². The summed E-state index contributed by atoms with van der Waals surface area (Å²) in [5, 5.41) is 9.75. The molecule has 1 aliphatic rings. The van der Waals surface area contributed by atoms with Crippen LogP contribution in [0.3, 0.4) is 0 Å². The molecule has 1 saturated heterocycles. The van der Waals surface area contributed by atoms with E-state index in [0.717, 1.165) is 31.2 Å². The molecule has 1 heterocycles. The molecule has 2 rings (SSSR count). The van der Waals surface area contributed by atoms with Crippen LogP contribution in [0.4, 0.5) is 5.69 Å². The van der Waals surface area contributed by atoms with Crippen molar-refractivity contribution in [3.8, 4) is 0 Å². The standard InChI is InChI=1S/C15H23ClN4O.HI/c1-12(11-21)10-18-15(17)20-8-6-19(7-9-20)14-4-2-13(16)3-5-14;/h2-5,12,21H,6-11H2,1H3,(H2,17,18);1H. The van der Waals surface area contributed by atoms with Crippen LogP contribution in [-0.4, -0.2) is 55.3 Å². The largest absolute Gasteiger partial charge is 0.396 e. The van der Waals surface area contributed by atoms with Crippen molar-refractivity contribution in [3.63, 3.8) is 0 Å². The Morgan fingerprint density at radius 3 is 2.41 bits per heavy atom. The Balaban J connectivity index is 0.00000242. The topological polar surface area (TPSA) is 65.1 Å². The SMILES string of the molecule is CC(CO)CN=C(N)N1CCN(c2ccc(Cl)cc2)CC1.I. The molecular formula is C15H24ClIN4O. The predicted molar refractivity (Wildman–Crippen MR) is 103 cm³/mol. The van der Waals surface area contributed by atoms with E-state index < -0.39 is 0 Å². The second-order valence-electron chi connectivity index (χ2n) is 5.44. The predicted octanol–water partition coefficient (Wildman–Crippen LogP) is 2.02. The lowest BCUT2D eigenvalue weighted by molar-refractivity contribution is 0.241. The van der Waals surface area contributed by atoms with Crippen molar-refractivity contribution in [1.82, 2.24) is 4.90 Å². The van der Waals surface area contributed by atoms with Gasteiger partial charge in [0.1, 0.15) is 0 Å². The van der Waals surface area contributed by atoms with Gasteiger partial charge in [-0.3, -0.25) is 4.99 Å². The van der Waals surface area contributed by atoms with Crippen LogP contribution in [0.25, 0.3) is 0 Å². The average molecular weight is 439 g/mol. The summed E-state index contributed by atoms with van der Waals surface area (Å²) in [4.78, 5) is 8.76. The molecule has 0 aliphatic carbocycles. The number of aliphatic hydroxyl groups excluding tert-OH is 1. The molecular weight excluding hydrogens is 415 g/mol. The average Bonchev–Trinajstić information content (AvgIpc) is 2.53. The van der Waals surface area contributed by atoms with Crippen LogP contribution in [-0.2, 0) is 0 Å². The summed E-state index contributed by atoms with van der Waals surface area (Å²) < 4.78 is 0. The highest BCUT2D eigenvalue weighted by Crippen LogP contribution is 2.19. The van der Waals surface area contributed by atoms with Gasteiger partial charge in [-0.2, -0.15) is 0 Å². The zero-order valence-electron chi connectivity index (χ0n) is 12.8. The number of rotatable bonds is 4. The minimum absolute atomic E-state index is 0. The quantitative estimate of drug-likeness (QED) is 0.429. The molecule has 0 saturated carbocycles. The minimum Gasteiger partial charge on any atom is -0.396 e. The van der Waals surface area contributed by atoms with Gasteiger partial charge in [-0.05, 0) is 30.2 Å². The number of piperazine rings is 1. The molecule has 1 aromatic carbocycles. The van der Waals surface area contributed by atoms with Gasteiger partial charge < -0.3 is 20.6 Å². The molecule has 0 bridgehead atoms. The van der Waals surface area contributed by atoms with E-state index in [1.165, 1.54) is 5.69 Å². The molecule has 1 aromatic rings. The number of benzene rings is 1. The van der Waals surface area contributed by atoms with Crippen LogP contribution in [0, 0.1) is 5.92 Å². The van der Waals surface area contributed by atoms with E-state index in [0.29, 0.717) is 12.5 Å². The molecule has 1 unspecified atom stereocenters. The fourth-order valence-corrected chi connectivity index (χ4v) is 2.38. The monoisotopic (exact) mass is 438 g/mol. The maximum atomic E-state index is 9.00. The van der Waals surface area contributed by atoms with Gasteiger partial charge in [-0.15, -0.1) is 24.0 Å². The number of aliphatic hydroxyl groups is 1. The Bertz CT molecular complexity index is 475. The van der Waals surface area contributed by atoms with Crippen LogP contribution in [0.15, 0.2) is 29.3 Å². The van der Waals surface area contributed by atoms with Crippen LogP contribution in [0.5, 0.6) is 0 Å². The number of anilines is 1. The summed E-state index contributed by atoms with van der Waals surface area (Å²) >= 11 is 5.91. The van der Waals surface area contributed by atoms with E-state index >= 15 is 0 Å². The van der Waals surface area contributed by atoms with Crippen molar-refractivity contribution in [2.45, 2.75) is 6.92 Å². The lowest BCUT2D eigenvalue weighted by Gasteiger charge is -2.36. The van der Waals surface area contributed by atoms with Gasteiger partial charge in [0, 0.05) is 50.0 Å². The second-order valence-corrected chi connectivity index (χ2v) is 5.87. The minimum atomic E-state index is 0. The molecule has 0 aromatic heterocycles. The van der Waals surface area contributed by atoms with Crippen molar-refractivity contribution in [1.29, 1.82) is 0 Å². The highest BCUT2D eigenvalue weighted by atomic mass is 127. The smallest absolute Gasteiger partial charge is 0.191 e. The summed E-state index contributed by atoms with van der Waals surface area (Å²) in [7, 11) is 0. The molecule has 1 fully saturated rings. The first-order valence-electron chi connectivity index (χ1n) is 7.26. The zero-order chi connectivity index (χ0) is 15.2. The highest BCUT2D eigenvalue weighted by Gasteiger charge is 2.18.